The lowest BCUT2D eigenvalue weighted by atomic mass is 9.64. The molecule has 0 saturated heterocycles. The van der Waals surface area contributed by atoms with Gasteiger partial charge in [0.2, 0.25) is 0 Å². The molecule has 2 rings (SSSR count). The number of halogens is 2. The van der Waals surface area contributed by atoms with Gasteiger partial charge >= 0.3 is 0 Å². The lowest BCUT2D eigenvalue weighted by Crippen LogP contribution is -2.41. The van der Waals surface area contributed by atoms with Crippen LogP contribution in [0, 0.1) is 5.82 Å². The van der Waals surface area contributed by atoms with Crippen molar-refractivity contribution in [1.29, 1.82) is 0 Å². The Morgan fingerprint density at radius 3 is 2.50 bits per heavy atom. The number of hydrogen-bond donors (Lipinski definition) is 2. The van der Waals surface area contributed by atoms with Crippen molar-refractivity contribution >= 4 is 29.9 Å². The molecular weight excluding hydrogens is 392 g/mol. The van der Waals surface area contributed by atoms with Gasteiger partial charge in [0.05, 0.1) is 6.54 Å². The molecular formula is C17H25FIN3. The van der Waals surface area contributed by atoms with Gasteiger partial charge in [0.15, 0.2) is 5.96 Å². The van der Waals surface area contributed by atoms with Crippen molar-refractivity contribution in [2.45, 2.75) is 31.6 Å². The highest BCUT2D eigenvalue weighted by Gasteiger charge is 2.38. The predicted octanol–water partition coefficient (Wildman–Crippen LogP) is 3.61. The largest absolute Gasteiger partial charge is 0.357 e. The fourth-order valence-electron chi connectivity index (χ4n) is 2.69. The molecule has 1 aliphatic carbocycles. The van der Waals surface area contributed by atoms with Crippen LogP contribution >= 0.6 is 24.0 Å². The molecule has 0 unspecified atom stereocenters. The van der Waals surface area contributed by atoms with Crippen molar-refractivity contribution in [3.8, 4) is 0 Å². The first-order chi connectivity index (χ1) is 10.2. The Labute approximate surface area is 149 Å². The maximum Gasteiger partial charge on any atom is 0.191 e. The summed E-state index contributed by atoms with van der Waals surface area (Å²) in [6.07, 6.45) is 5.25. The van der Waals surface area contributed by atoms with Gasteiger partial charge in [0.25, 0.3) is 0 Å². The summed E-state index contributed by atoms with van der Waals surface area (Å²) in [5.74, 6) is 0.628. The highest BCUT2D eigenvalue weighted by molar-refractivity contribution is 14.0. The molecule has 0 bridgehead atoms. The van der Waals surface area contributed by atoms with Gasteiger partial charge < -0.3 is 10.6 Å². The number of nitrogens with one attached hydrogen (secondary N) is 2. The molecule has 122 valence electrons. The van der Waals surface area contributed by atoms with E-state index in [1.807, 2.05) is 25.1 Å². The summed E-state index contributed by atoms with van der Waals surface area (Å²) in [7, 11) is 0. The first-order valence-electron chi connectivity index (χ1n) is 7.59. The first kappa shape index (κ1) is 18.9. The maximum atomic E-state index is 13.1. The highest BCUT2D eigenvalue weighted by atomic mass is 127. The van der Waals surface area contributed by atoms with E-state index >= 15 is 0 Å². The second-order valence-corrected chi connectivity index (χ2v) is 5.51. The van der Waals surface area contributed by atoms with Gasteiger partial charge in [-0.15, -0.1) is 30.6 Å². The van der Waals surface area contributed by atoms with Crippen molar-refractivity contribution in [1.82, 2.24) is 10.6 Å². The summed E-state index contributed by atoms with van der Waals surface area (Å²) < 4.78 is 13.1. The Bertz CT molecular complexity index is 495. The Kier molecular flexibility index (Phi) is 7.85. The number of benzene rings is 1. The van der Waals surface area contributed by atoms with Gasteiger partial charge in [0.1, 0.15) is 5.82 Å². The first-order valence-corrected chi connectivity index (χ1v) is 7.59. The van der Waals surface area contributed by atoms with E-state index in [1.54, 1.807) is 12.1 Å². The Hall–Kier alpha value is -1.11. The standard InChI is InChI=1S/C17H24FN3.HI/c1-3-12-20-16(19-4-2)21-13-17(10-5-11-17)14-6-8-15(18)9-7-14;/h3,6-9H,1,4-5,10-13H2,2H3,(H2,19,20,21);1H. The lowest BCUT2D eigenvalue weighted by molar-refractivity contribution is 0.253. The summed E-state index contributed by atoms with van der Waals surface area (Å²) in [5, 5.41) is 6.44. The second-order valence-electron chi connectivity index (χ2n) is 5.51. The Morgan fingerprint density at radius 2 is 2.00 bits per heavy atom. The fourth-order valence-corrected chi connectivity index (χ4v) is 2.69. The molecule has 0 aromatic heterocycles. The monoisotopic (exact) mass is 417 g/mol. The van der Waals surface area contributed by atoms with Crippen molar-refractivity contribution in [2.75, 3.05) is 19.6 Å². The third-order valence-electron chi connectivity index (χ3n) is 4.07. The van der Waals surface area contributed by atoms with Crippen LogP contribution in [0.4, 0.5) is 4.39 Å². The molecule has 1 fully saturated rings. The number of rotatable bonds is 6. The molecule has 1 aliphatic rings. The summed E-state index contributed by atoms with van der Waals surface area (Å²) in [5.41, 5.74) is 1.27. The SMILES string of the molecule is C=CCNC(=NCC1(c2ccc(F)cc2)CCC1)NCC.I. The van der Waals surface area contributed by atoms with Crippen LogP contribution in [-0.4, -0.2) is 25.6 Å². The van der Waals surface area contributed by atoms with E-state index in [9.17, 15) is 4.39 Å². The summed E-state index contributed by atoms with van der Waals surface area (Å²) in [4.78, 5) is 4.70. The van der Waals surface area contributed by atoms with E-state index in [1.165, 1.54) is 12.0 Å². The van der Waals surface area contributed by atoms with Crippen LogP contribution in [0.2, 0.25) is 0 Å². The van der Waals surface area contributed by atoms with E-state index < -0.39 is 0 Å². The summed E-state index contributed by atoms with van der Waals surface area (Å²) in [6, 6.07) is 6.88. The summed E-state index contributed by atoms with van der Waals surface area (Å²) in [6.45, 7) is 7.99. The van der Waals surface area contributed by atoms with E-state index in [0.717, 1.165) is 31.9 Å². The molecule has 5 heteroatoms. The van der Waals surface area contributed by atoms with Gasteiger partial charge in [-0.2, -0.15) is 0 Å². The average Bonchev–Trinajstić information content (AvgIpc) is 2.45. The van der Waals surface area contributed by atoms with Crippen LogP contribution < -0.4 is 10.6 Å². The third-order valence-corrected chi connectivity index (χ3v) is 4.07. The van der Waals surface area contributed by atoms with Crippen LogP contribution in [-0.2, 0) is 5.41 Å². The second kappa shape index (κ2) is 9.12. The molecule has 1 aromatic rings. The lowest BCUT2D eigenvalue weighted by Gasteiger charge is -2.41. The Balaban J connectivity index is 0.00000242. The highest BCUT2D eigenvalue weighted by Crippen LogP contribution is 2.43. The van der Waals surface area contributed by atoms with E-state index in [0.29, 0.717) is 6.54 Å². The molecule has 0 aliphatic heterocycles. The molecule has 0 heterocycles. The number of aliphatic imine (C=N–C) groups is 1. The molecule has 1 aromatic carbocycles. The number of nitrogens with zero attached hydrogens (tertiary/aromatic N) is 1. The molecule has 22 heavy (non-hydrogen) atoms. The zero-order valence-corrected chi connectivity index (χ0v) is 15.4. The van der Waals surface area contributed by atoms with E-state index in [2.05, 4.69) is 17.2 Å². The Morgan fingerprint density at radius 1 is 1.32 bits per heavy atom. The normalized spacial score (nSPS) is 16.2. The molecule has 0 atom stereocenters. The fraction of sp³-hybridized carbons (Fsp3) is 0.471. The van der Waals surface area contributed by atoms with Crippen molar-refractivity contribution < 1.29 is 4.39 Å². The maximum absolute atomic E-state index is 13.1. The van der Waals surface area contributed by atoms with Crippen LogP contribution in [0.3, 0.4) is 0 Å². The van der Waals surface area contributed by atoms with E-state index in [-0.39, 0.29) is 35.2 Å². The molecule has 0 spiro atoms. The average molecular weight is 417 g/mol. The van der Waals surface area contributed by atoms with Gasteiger partial charge in [-0.25, -0.2) is 4.39 Å². The number of guanidine groups is 1. The molecule has 0 amide bonds. The predicted molar refractivity (Wildman–Crippen MR) is 102 cm³/mol. The minimum absolute atomic E-state index is 0. The quantitative estimate of drug-likeness (QED) is 0.321. The zero-order chi connectivity index (χ0) is 15.1. The number of hydrogen-bond acceptors (Lipinski definition) is 1. The summed E-state index contributed by atoms with van der Waals surface area (Å²) >= 11 is 0. The van der Waals surface area contributed by atoms with Crippen LogP contribution in [0.15, 0.2) is 41.9 Å². The minimum Gasteiger partial charge on any atom is -0.357 e. The third kappa shape index (κ3) is 4.69. The van der Waals surface area contributed by atoms with Gasteiger partial charge in [-0.3, -0.25) is 4.99 Å². The molecule has 1 saturated carbocycles. The topological polar surface area (TPSA) is 36.4 Å². The smallest absolute Gasteiger partial charge is 0.191 e. The molecule has 0 radical (unpaired) electrons. The van der Waals surface area contributed by atoms with Crippen LogP contribution in [0.5, 0.6) is 0 Å². The van der Waals surface area contributed by atoms with Gasteiger partial charge in [0, 0.05) is 18.5 Å². The van der Waals surface area contributed by atoms with Gasteiger partial charge in [-0.05, 0) is 37.5 Å². The van der Waals surface area contributed by atoms with Gasteiger partial charge in [-0.1, -0.05) is 24.6 Å². The van der Waals surface area contributed by atoms with E-state index in [4.69, 9.17) is 4.99 Å². The van der Waals surface area contributed by atoms with Crippen molar-refractivity contribution in [2.24, 2.45) is 4.99 Å². The molecule has 3 nitrogen and oxygen atoms in total. The molecule has 2 N–H and O–H groups in total. The zero-order valence-electron chi connectivity index (χ0n) is 13.1. The van der Waals surface area contributed by atoms with Crippen LogP contribution in [0.1, 0.15) is 31.7 Å². The van der Waals surface area contributed by atoms with Crippen molar-refractivity contribution in [3.63, 3.8) is 0 Å². The minimum atomic E-state index is -0.183. The van der Waals surface area contributed by atoms with Crippen molar-refractivity contribution in [3.05, 3.63) is 48.3 Å². The van der Waals surface area contributed by atoms with Crippen LogP contribution in [0.25, 0.3) is 0 Å².